The molecule has 0 unspecified atom stereocenters. The number of benzene rings is 1. The number of nitrogens with zero attached hydrogens (tertiary/aromatic N) is 2. The van der Waals surface area contributed by atoms with Crippen LogP contribution in [0.2, 0.25) is 0 Å². The molecule has 2 aromatic heterocycles. The number of anilines is 1. The number of nitrogen functional groups attached to an aromatic ring is 1. The highest BCUT2D eigenvalue weighted by molar-refractivity contribution is 5.86. The molecule has 4 rings (SSSR count). The fraction of sp³-hybridized carbons (Fsp3) is 0.304. The van der Waals surface area contributed by atoms with Gasteiger partial charge in [0.2, 0.25) is 0 Å². The zero-order valence-electron chi connectivity index (χ0n) is 17.2. The zero-order valence-corrected chi connectivity index (χ0v) is 17.2. The molecule has 7 heteroatoms. The number of nitrogens with one attached hydrogen (secondary N) is 1. The van der Waals surface area contributed by atoms with E-state index in [2.05, 4.69) is 64.9 Å². The first-order valence-corrected chi connectivity index (χ1v) is 9.35. The van der Waals surface area contributed by atoms with Crippen molar-refractivity contribution in [2.24, 2.45) is 0 Å². The Morgan fingerprint density at radius 2 is 1.43 bits per heavy atom. The first-order valence-electron chi connectivity index (χ1n) is 9.35. The Morgan fingerprint density at radius 3 is 1.87 bits per heavy atom. The Hall–Kier alpha value is -3.45. The Kier molecular flexibility index (Phi) is 12.1. The van der Waals surface area contributed by atoms with E-state index >= 15 is 0 Å². The lowest BCUT2D eigenvalue weighted by atomic mass is 9.92. The molecule has 0 spiro atoms. The van der Waals surface area contributed by atoms with E-state index in [1.54, 1.807) is 11.1 Å². The Morgan fingerprint density at radius 1 is 0.933 bits per heavy atom. The minimum atomic E-state index is -4.42. The van der Waals surface area contributed by atoms with Gasteiger partial charge in [0.25, 0.3) is 0 Å². The summed E-state index contributed by atoms with van der Waals surface area (Å²) in [5.41, 5.74) is 7.74. The van der Waals surface area contributed by atoms with Gasteiger partial charge < -0.3 is 10.7 Å². The van der Waals surface area contributed by atoms with E-state index in [0.29, 0.717) is 0 Å². The maximum absolute atomic E-state index is 12.2. The molecule has 160 valence electrons. The van der Waals surface area contributed by atoms with Crippen LogP contribution in [0.1, 0.15) is 43.5 Å². The highest BCUT2D eigenvalue weighted by Gasteiger charge is 2.33. The lowest BCUT2D eigenvalue weighted by molar-refractivity contribution is -0.140. The van der Waals surface area contributed by atoms with Gasteiger partial charge in [0, 0.05) is 0 Å². The maximum atomic E-state index is 12.2. The van der Waals surface area contributed by atoms with Crippen molar-refractivity contribution >= 4 is 16.9 Å². The molecule has 4 nitrogen and oxygen atoms in total. The summed E-state index contributed by atoms with van der Waals surface area (Å²) >= 11 is 0. The van der Waals surface area contributed by atoms with Crippen LogP contribution in [0.5, 0.6) is 0 Å². The number of nitrogens with two attached hydrogens (primary N) is 1. The second-order valence-electron chi connectivity index (χ2n) is 5.68. The van der Waals surface area contributed by atoms with Crippen LogP contribution >= 0.6 is 0 Å². The molecule has 3 N–H and O–H groups in total. The van der Waals surface area contributed by atoms with Crippen LogP contribution in [0, 0.1) is 25.7 Å². The number of terminal acetylenes is 2. The highest BCUT2D eigenvalue weighted by Crippen LogP contribution is 2.31. The number of aryl methyl sites for hydroxylation is 2. The van der Waals surface area contributed by atoms with Gasteiger partial charge in [0.1, 0.15) is 23.5 Å². The molecular formula is C23H27F3N4. The van der Waals surface area contributed by atoms with Crippen molar-refractivity contribution in [2.75, 3.05) is 5.73 Å². The summed E-state index contributed by atoms with van der Waals surface area (Å²) < 4.78 is 36.7. The number of hydrogen-bond acceptors (Lipinski definition) is 3. The second kappa shape index (κ2) is 13.7. The van der Waals surface area contributed by atoms with Crippen LogP contribution in [0.3, 0.4) is 0 Å². The molecule has 0 fully saturated rings. The Bertz CT molecular complexity index is 893. The first kappa shape index (κ1) is 26.6. The first-order chi connectivity index (χ1) is 14.4. The molecule has 30 heavy (non-hydrogen) atoms. The van der Waals surface area contributed by atoms with Crippen molar-refractivity contribution in [3.63, 3.8) is 0 Å². The SMILES string of the molecule is C#C.C#C.CC.Nc1ncnc2[nH]c(C(F)(F)F)cc12.c1ccc2c(c1)CCCC2. The fourth-order valence-corrected chi connectivity index (χ4v) is 2.79. The third-order valence-electron chi connectivity index (χ3n) is 4.02. The molecule has 0 amide bonds. The summed E-state index contributed by atoms with van der Waals surface area (Å²) in [4.78, 5) is 9.33. The fourth-order valence-electron chi connectivity index (χ4n) is 2.79. The topological polar surface area (TPSA) is 67.6 Å². The van der Waals surface area contributed by atoms with E-state index in [9.17, 15) is 13.2 Å². The molecule has 0 saturated carbocycles. The van der Waals surface area contributed by atoms with Crippen molar-refractivity contribution in [1.29, 1.82) is 0 Å². The van der Waals surface area contributed by atoms with Gasteiger partial charge in [-0.3, -0.25) is 0 Å². The predicted molar refractivity (Wildman–Crippen MR) is 118 cm³/mol. The normalized spacial score (nSPS) is 11.5. The molecule has 0 saturated heterocycles. The van der Waals surface area contributed by atoms with Gasteiger partial charge in [-0.05, 0) is 42.9 Å². The van der Waals surface area contributed by atoms with Crippen molar-refractivity contribution in [3.05, 3.63) is 53.5 Å². The van der Waals surface area contributed by atoms with Gasteiger partial charge in [-0.1, -0.05) is 38.1 Å². The predicted octanol–water partition coefficient (Wildman–Crippen LogP) is 5.65. The minimum Gasteiger partial charge on any atom is -0.383 e. The average Bonchev–Trinajstić information content (AvgIpc) is 3.25. The number of aromatic nitrogens is 3. The lowest BCUT2D eigenvalue weighted by Crippen LogP contribution is -2.04. The number of hydrogen-bond donors (Lipinski definition) is 2. The molecule has 0 aliphatic heterocycles. The summed E-state index contributed by atoms with van der Waals surface area (Å²) in [6.07, 6.45) is 18.1. The van der Waals surface area contributed by atoms with Gasteiger partial charge >= 0.3 is 6.18 Å². The Balaban J connectivity index is 0.000000462. The van der Waals surface area contributed by atoms with Crippen molar-refractivity contribution in [1.82, 2.24) is 15.0 Å². The molecular weight excluding hydrogens is 389 g/mol. The van der Waals surface area contributed by atoms with Gasteiger partial charge in [0.05, 0.1) is 5.39 Å². The summed E-state index contributed by atoms with van der Waals surface area (Å²) in [5, 5.41) is 0.180. The van der Waals surface area contributed by atoms with Gasteiger partial charge in [-0.2, -0.15) is 13.2 Å². The summed E-state index contributed by atoms with van der Waals surface area (Å²) in [5.74, 6) is 0.0294. The standard InChI is InChI=1S/C10H12.C7H5F3N4.C2H6.2C2H2/c1-2-6-10-8-4-3-7-9(10)5-1;8-7(9,10)4-1-3-5(11)12-2-13-6(3)14-4;3*1-2/h1-2,5-6H,3-4,7-8H2;1-2H,(H3,11,12,13,14);1-2H3;2*1-2H. The minimum absolute atomic E-state index is 0.0294. The van der Waals surface area contributed by atoms with E-state index in [1.165, 1.54) is 25.7 Å². The molecule has 1 aliphatic rings. The number of aromatic amines is 1. The molecule has 0 bridgehead atoms. The van der Waals surface area contributed by atoms with Crippen LogP contribution < -0.4 is 5.73 Å². The molecule has 2 heterocycles. The van der Waals surface area contributed by atoms with Crippen LogP contribution in [0.15, 0.2) is 36.7 Å². The summed E-state index contributed by atoms with van der Waals surface area (Å²) in [6, 6.07) is 9.70. The third-order valence-corrected chi connectivity index (χ3v) is 4.02. The van der Waals surface area contributed by atoms with E-state index in [-0.39, 0.29) is 16.9 Å². The van der Waals surface area contributed by atoms with Crippen LogP contribution in [0.25, 0.3) is 11.0 Å². The molecule has 0 atom stereocenters. The monoisotopic (exact) mass is 416 g/mol. The lowest BCUT2D eigenvalue weighted by Gasteiger charge is -2.13. The quantitative estimate of drug-likeness (QED) is 0.466. The summed E-state index contributed by atoms with van der Waals surface area (Å²) in [7, 11) is 0. The van der Waals surface area contributed by atoms with E-state index in [0.717, 1.165) is 12.4 Å². The van der Waals surface area contributed by atoms with Gasteiger partial charge in [0.15, 0.2) is 0 Å². The van der Waals surface area contributed by atoms with Crippen molar-refractivity contribution in [3.8, 4) is 25.7 Å². The van der Waals surface area contributed by atoms with Crippen LogP contribution in [-0.4, -0.2) is 15.0 Å². The van der Waals surface area contributed by atoms with Crippen LogP contribution in [0.4, 0.5) is 19.0 Å². The third kappa shape index (κ3) is 7.52. The number of halogens is 3. The van der Waals surface area contributed by atoms with Crippen molar-refractivity contribution in [2.45, 2.75) is 45.7 Å². The van der Waals surface area contributed by atoms with Gasteiger partial charge in [-0.25, -0.2) is 9.97 Å². The summed E-state index contributed by atoms with van der Waals surface area (Å²) in [6.45, 7) is 4.00. The number of rotatable bonds is 0. The number of alkyl halides is 3. The largest absolute Gasteiger partial charge is 0.431 e. The van der Waals surface area contributed by atoms with Crippen molar-refractivity contribution < 1.29 is 13.2 Å². The highest BCUT2D eigenvalue weighted by atomic mass is 19.4. The maximum Gasteiger partial charge on any atom is 0.431 e. The zero-order chi connectivity index (χ0) is 23.2. The van der Waals surface area contributed by atoms with Crippen LogP contribution in [-0.2, 0) is 19.0 Å². The van der Waals surface area contributed by atoms with E-state index in [4.69, 9.17) is 5.73 Å². The Labute approximate surface area is 176 Å². The second-order valence-corrected chi connectivity index (χ2v) is 5.68. The molecule has 1 aromatic carbocycles. The average molecular weight is 416 g/mol. The molecule has 1 aliphatic carbocycles. The molecule has 3 aromatic rings. The number of H-pyrrole nitrogens is 1. The van der Waals surface area contributed by atoms with Gasteiger partial charge in [-0.15, -0.1) is 25.7 Å². The van der Waals surface area contributed by atoms with E-state index in [1.807, 2.05) is 13.8 Å². The van der Waals surface area contributed by atoms with E-state index < -0.39 is 11.9 Å². The smallest absolute Gasteiger partial charge is 0.383 e. The molecule has 0 radical (unpaired) electrons. The number of fused-ring (bicyclic) bond motifs is 2.